The molecule has 1 aliphatic rings. The van der Waals surface area contributed by atoms with E-state index in [1.54, 1.807) is 0 Å². The van der Waals surface area contributed by atoms with Gasteiger partial charge in [-0.1, -0.05) is 42.5 Å². The van der Waals surface area contributed by atoms with Crippen LogP contribution in [0.15, 0.2) is 71.2 Å². The molecule has 0 saturated carbocycles. The molecule has 0 bridgehead atoms. The molecule has 0 heterocycles. The van der Waals surface area contributed by atoms with Crippen molar-refractivity contribution >= 4 is 27.5 Å². The molecule has 3 heteroatoms. The SMILES string of the molecule is O=C(Nc1ccc2c(c1)Cc1ccccc1-2)c1ccccc1Br. The number of amides is 1. The van der Waals surface area contributed by atoms with Crippen LogP contribution in [0.5, 0.6) is 0 Å². The molecule has 1 aliphatic carbocycles. The number of hydrogen-bond donors (Lipinski definition) is 1. The van der Waals surface area contributed by atoms with Crippen LogP contribution in [0, 0.1) is 0 Å². The Balaban J connectivity index is 1.62. The van der Waals surface area contributed by atoms with Crippen LogP contribution in [-0.2, 0) is 6.42 Å². The third-order valence-electron chi connectivity index (χ3n) is 4.17. The van der Waals surface area contributed by atoms with Crippen molar-refractivity contribution in [1.82, 2.24) is 0 Å². The van der Waals surface area contributed by atoms with Crippen molar-refractivity contribution in [2.24, 2.45) is 0 Å². The summed E-state index contributed by atoms with van der Waals surface area (Å²) in [5.74, 6) is -0.104. The Hall–Kier alpha value is -2.39. The molecule has 4 rings (SSSR count). The molecule has 3 aromatic rings. The second-order valence-electron chi connectivity index (χ2n) is 5.64. The van der Waals surface area contributed by atoms with Gasteiger partial charge in [0.25, 0.3) is 5.91 Å². The Morgan fingerprint density at radius 2 is 1.61 bits per heavy atom. The Kier molecular flexibility index (Phi) is 3.50. The van der Waals surface area contributed by atoms with E-state index in [0.29, 0.717) is 5.56 Å². The van der Waals surface area contributed by atoms with Crippen molar-refractivity contribution in [3.63, 3.8) is 0 Å². The summed E-state index contributed by atoms with van der Waals surface area (Å²) < 4.78 is 0.797. The van der Waals surface area contributed by atoms with Gasteiger partial charge in [0, 0.05) is 10.2 Å². The first kappa shape index (κ1) is 14.2. The quantitative estimate of drug-likeness (QED) is 0.516. The van der Waals surface area contributed by atoms with Crippen LogP contribution in [0.2, 0.25) is 0 Å². The number of benzene rings is 3. The molecule has 0 saturated heterocycles. The molecule has 0 spiro atoms. The van der Waals surface area contributed by atoms with Gasteiger partial charge in [0.1, 0.15) is 0 Å². The Bertz CT molecular complexity index is 917. The average molecular weight is 364 g/mol. The largest absolute Gasteiger partial charge is 0.322 e. The van der Waals surface area contributed by atoms with E-state index in [0.717, 1.165) is 16.6 Å². The first-order valence-corrected chi connectivity index (χ1v) is 8.29. The number of carbonyl (C=O) groups excluding carboxylic acids is 1. The van der Waals surface area contributed by atoms with E-state index >= 15 is 0 Å². The van der Waals surface area contributed by atoms with E-state index in [9.17, 15) is 4.79 Å². The van der Waals surface area contributed by atoms with E-state index in [-0.39, 0.29) is 5.91 Å². The average Bonchev–Trinajstić information content (AvgIpc) is 2.92. The molecule has 0 aliphatic heterocycles. The van der Waals surface area contributed by atoms with Crippen LogP contribution >= 0.6 is 15.9 Å². The third kappa shape index (κ3) is 2.57. The first-order valence-electron chi connectivity index (χ1n) is 7.49. The Morgan fingerprint density at radius 3 is 2.48 bits per heavy atom. The molecule has 0 unspecified atom stereocenters. The first-order chi connectivity index (χ1) is 11.2. The minimum Gasteiger partial charge on any atom is -0.322 e. The monoisotopic (exact) mass is 363 g/mol. The van der Waals surface area contributed by atoms with Crippen molar-refractivity contribution < 1.29 is 4.79 Å². The van der Waals surface area contributed by atoms with Crippen LogP contribution in [0.1, 0.15) is 21.5 Å². The van der Waals surface area contributed by atoms with Gasteiger partial charge in [-0.25, -0.2) is 0 Å². The zero-order valence-electron chi connectivity index (χ0n) is 12.3. The standard InChI is InChI=1S/C20H14BrNO/c21-19-8-4-3-7-18(19)20(23)22-15-9-10-17-14(12-15)11-13-5-1-2-6-16(13)17/h1-10,12H,11H2,(H,22,23). The van der Waals surface area contributed by atoms with Gasteiger partial charge in [0.05, 0.1) is 5.56 Å². The molecule has 23 heavy (non-hydrogen) atoms. The van der Waals surface area contributed by atoms with Crippen molar-refractivity contribution in [2.75, 3.05) is 5.32 Å². The lowest BCUT2D eigenvalue weighted by molar-refractivity contribution is 0.102. The maximum atomic E-state index is 12.4. The molecule has 1 N–H and O–H groups in total. The number of halogens is 1. The van der Waals surface area contributed by atoms with Gasteiger partial charge < -0.3 is 5.32 Å². The van der Waals surface area contributed by atoms with Gasteiger partial charge in [-0.15, -0.1) is 0 Å². The minimum absolute atomic E-state index is 0.104. The van der Waals surface area contributed by atoms with E-state index < -0.39 is 0 Å². The van der Waals surface area contributed by atoms with E-state index in [1.807, 2.05) is 30.3 Å². The number of carbonyl (C=O) groups is 1. The summed E-state index contributed by atoms with van der Waals surface area (Å²) >= 11 is 3.42. The van der Waals surface area contributed by atoms with Crippen molar-refractivity contribution in [3.05, 3.63) is 87.9 Å². The summed E-state index contributed by atoms with van der Waals surface area (Å²) in [6.07, 6.45) is 0.921. The molecule has 1 amide bonds. The zero-order chi connectivity index (χ0) is 15.8. The van der Waals surface area contributed by atoms with Crippen LogP contribution in [0.25, 0.3) is 11.1 Å². The highest BCUT2D eigenvalue weighted by Gasteiger charge is 2.18. The fraction of sp³-hybridized carbons (Fsp3) is 0.0500. The van der Waals surface area contributed by atoms with Crippen molar-refractivity contribution in [3.8, 4) is 11.1 Å². The second kappa shape index (κ2) is 5.67. The third-order valence-corrected chi connectivity index (χ3v) is 4.86. The molecular formula is C20H14BrNO. The highest BCUT2D eigenvalue weighted by molar-refractivity contribution is 9.10. The summed E-state index contributed by atoms with van der Waals surface area (Å²) in [6.45, 7) is 0. The molecule has 0 radical (unpaired) electrons. The molecule has 3 aromatic carbocycles. The van der Waals surface area contributed by atoms with Gasteiger partial charge >= 0.3 is 0 Å². The van der Waals surface area contributed by atoms with Crippen LogP contribution in [0.3, 0.4) is 0 Å². The van der Waals surface area contributed by atoms with Crippen LogP contribution in [0.4, 0.5) is 5.69 Å². The zero-order valence-corrected chi connectivity index (χ0v) is 13.9. The number of hydrogen-bond acceptors (Lipinski definition) is 1. The topological polar surface area (TPSA) is 29.1 Å². The van der Waals surface area contributed by atoms with Crippen molar-refractivity contribution in [2.45, 2.75) is 6.42 Å². The maximum absolute atomic E-state index is 12.4. The van der Waals surface area contributed by atoms with Gasteiger partial charge in [-0.2, -0.15) is 0 Å². The summed E-state index contributed by atoms with van der Waals surface area (Å²) in [5.41, 5.74) is 6.63. The number of anilines is 1. The molecule has 0 atom stereocenters. The van der Waals surface area contributed by atoms with Gasteiger partial charge in [0.2, 0.25) is 0 Å². The van der Waals surface area contributed by atoms with Crippen molar-refractivity contribution in [1.29, 1.82) is 0 Å². The predicted octanol–water partition coefficient (Wildman–Crippen LogP) is 5.27. The van der Waals surface area contributed by atoms with Gasteiger partial charge in [-0.3, -0.25) is 4.79 Å². The van der Waals surface area contributed by atoms with E-state index in [2.05, 4.69) is 57.6 Å². The highest BCUT2D eigenvalue weighted by Crippen LogP contribution is 2.37. The van der Waals surface area contributed by atoms with Crippen LogP contribution in [-0.4, -0.2) is 5.91 Å². The Labute approximate surface area is 143 Å². The highest BCUT2D eigenvalue weighted by atomic mass is 79.9. The number of nitrogens with one attached hydrogen (secondary N) is 1. The summed E-state index contributed by atoms with van der Waals surface area (Å²) in [6, 6.07) is 22.0. The fourth-order valence-electron chi connectivity index (χ4n) is 3.07. The van der Waals surface area contributed by atoms with E-state index in [1.165, 1.54) is 22.3 Å². The molecule has 0 aromatic heterocycles. The lowest BCUT2D eigenvalue weighted by Gasteiger charge is -2.09. The molecule has 112 valence electrons. The van der Waals surface area contributed by atoms with E-state index in [4.69, 9.17) is 0 Å². The Morgan fingerprint density at radius 1 is 0.870 bits per heavy atom. The predicted molar refractivity (Wildman–Crippen MR) is 96.8 cm³/mol. The lowest BCUT2D eigenvalue weighted by atomic mass is 10.1. The second-order valence-corrected chi connectivity index (χ2v) is 6.49. The number of fused-ring (bicyclic) bond motifs is 3. The maximum Gasteiger partial charge on any atom is 0.256 e. The minimum atomic E-state index is -0.104. The summed E-state index contributed by atoms with van der Waals surface area (Å²) in [7, 11) is 0. The molecular weight excluding hydrogens is 350 g/mol. The van der Waals surface area contributed by atoms with Crippen LogP contribution < -0.4 is 5.32 Å². The van der Waals surface area contributed by atoms with Gasteiger partial charge in [0.15, 0.2) is 0 Å². The normalized spacial score (nSPS) is 11.7. The summed E-state index contributed by atoms with van der Waals surface area (Å²) in [4.78, 5) is 12.4. The molecule has 0 fully saturated rings. The smallest absolute Gasteiger partial charge is 0.256 e. The lowest BCUT2D eigenvalue weighted by Crippen LogP contribution is -2.12. The number of rotatable bonds is 2. The fourth-order valence-corrected chi connectivity index (χ4v) is 3.53. The van der Waals surface area contributed by atoms with Gasteiger partial charge in [-0.05, 0) is 68.9 Å². The summed E-state index contributed by atoms with van der Waals surface area (Å²) in [5, 5.41) is 2.99. The molecule has 2 nitrogen and oxygen atoms in total.